The summed E-state index contributed by atoms with van der Waals surface area (Å²) in [5.41, 5.74) is 0. The van der Waals surface area contributed by atoms with Gasteiger partial charge in [-0.05, 0) is 51.4 Å². The zero-order valence-electron chi connectivity index (χ0n) is 52.3. The van der Waals surface area contributed by atoms with Gasteiger partial charge in [-0.2, -0.15) is 0 Å². The molecule has 0 aliphatic heterocycles. The molecule has 0 aromatic carbocycles. The first-order valence-electron chi connectivity index (χ1n) is 34.8. The number of rotatable bonds is 65. The smallest absolute Gasteiger partial charge is 0.306 e. The Labute approximate surface area is 481 Å². The van der Waals surface area contributed by atoms with E-state index in [2.05, 4.69) is 45.1 Å². The van der Waals surface area contributed by atoms with E-state index >= 15 is 0 Å². The van der Waals surface area contributed by atoms with E-state index in [1.165, 1.54) is 289 Å². The van der Waals surface area contributed by atoms with E-state index in [-0.39, 0.29) is 31.1 Å². The van der Waals surface area contributed by atoms with Gasteiger partial charge in [0.05, 0.1) is 0 Å². The van der Waals surface area contributed by atoms with Gasteiger partial charge in [-0.15, -0.1) is 0 Å². The molecule has 0 rings (SSSR count). The number of unbranched alkanes of at least 4 members (excludes halogenated alkanes) is 50. The molecule has 0 spiro atoms. The average molecular weight is 1080 g/mol. The van der Waals surface area contributed by atoms with Crippen molar-refractivity contribution in [3.05, 3.63) is 24.3 Å². The lowest BCUT2D eigenvalue weighted by molar-refractivity contribution is -0.167. The van der Waals surface area contributed by atoms with Crippen LogP contribution in [0.1, 0.15) is 393 Å². The van der Waals surface area contributed by atoms with Crippen LogP contribution >= 0.6 is 0 Å². The Balaban J connectivity index is 3.91. The zero-order chi connectivity index (χ0) is 55.7. The molecule has 0 amide bonds. The molecule has 6 heteroatoms. The quantitative estimate of drug-likeness (QED) is 0.0261. The van der Waals surface area contributed by atoms with Gasteiger partial charge in [0.1, 0.15) is 13.2 Å². The summed E-state index contributed by atoms with van der Waals surface area (Å²) in [4.78, 5) is 38.1. The summed E-state index contributed by atoms with van der Waals surface area (Å²) in [6, 6.07) is 0. The predicted octanol–water partition coefficient (Wildman–Crippen LogP) is 23.8. The normalized spacial score (nSPS) is 12.1. The maximum Gasteiger partial charge on any atom is 0.306 e. The molecule has 0 radical (unpaired) electrons. The molecule has 0 aliphatic rings. The Morgan fingerprint density at radius 2 is 0.468 bits per heavy atom. The van der Waals surface area contributed by atoms with Gasteiger partial charge >= 0.3 is 17.9 Å². The van der Waals surface area contributed by atoms with Gasteiger partial charge < -0.3 is 14.2 Å². The number of ether oxygens (including phenoxy) is 3. The van der Waals surface area contributed by atoms with Crippen LogP contribution in [-0.2, 0) is 28.6 Å². The third kappa shape index (κ3) is 64.6. The van der Waals surface area contributed by atoms with Crippen LogP contribution in [0.5, 0.6) is 0 Å². The van der Waals surface area contributed by atoms with Gasteiger partial charge in [0.2, 0.25) is 0 Å². The number of esters is 3. The highest BCUT2D eigenvalue weighted by Gasteiger charge is 2.19. The second-order valence-corrected chi connectivity index (χ2v) is 23.8. The summed E-state index contributed by atoms with van der Waals surface area (Å²) in [5.74, 6) is -0.842. The van der Waals surface area contributed by atoms with Crippen LogP contribution in [0.3, 0.4) is 0 Å². The van der Waals surface area contributed by atoms with Crippen molar-refractivity contribution in [3.63, 3.8) is 0 Å². The molecular formula is C71H134O6. The minimum Gasteiger partial charge on any atom is -0.462 e. The third-order valence-corrected chi connectivity index (χ3v) is 16.0. The SMILES string of the molecule is CCCCCCC/C=C\C/C=C\CCCCCCCCCCCCCCCCCCCCCCCCCC(=O)OCC(COC(=O)CCCCCCCCC)OC(=O)CCCCCCCCCCCCCCCCCCC. The molecule has 1 unspecified atom stereocenters. The standard InChI is InChI=1S/C71H134O6/c1-4-7-10-13-16-18-20-22-24-26-27-28-29-30-31-32-33-34-35-36-37-38-39-40-41-42-43-45-46-48-50-52-55-58-61-64-70(73)76-67-68(66-75-69(72)63-60-57-54-15-12-9-6-3)77-71(74)65-62-59-56-53-51-49-47-44-25-23-21-19-17-14-11-8-5-2/h20,22,26-27,68H,4-19,21,23-25,28-67H2,1-3H3/b22-20-,27-26-. The van der Waals surface area contributed by atoms with E-state index in [0.717, 1.165) is 64.2 Å². The summed E-state index contributed by atoms with van der Waals surface area (Å²) in [5, 5.41) is 0. The first-order valence-corrected chi connectivity index (χ1v) is 34.8. The van der Waals surface area contributed by atoms with Crippen molar-refractivity contribution in [1.82, 2.24) is 0 Å². The van der Waals surface area contributed by atoms with Crippen molar-refractivity contribution in [3.8, 4) is 0 Å². The molecule has 0 N–H and O–H groups in total. The number of carbonyl (C=O) groups excluding carboxylic acids is 3. The van der Waals surface area contributed by atoms with Gasteiger partial charge in [-0.3, -0.25) is 14.4 Å². The first kappa shape index (κ1) is 74.9. The molecule has 0 fully saturated rings. The second-order valence-electron chi connectivity index (χ2n) is 23.8. The Morgan fingerprint density at radius 3 is 0.714 bits per heavy atom. The minimum absolute atomic E-state index is 0.0636. The molecule has 0 heterocycles. The third-order valence-electron chi connectivity index (χ3n) is 16.0. The van der Waals surface area contributed by atoms with Gasteiger partial charge in [-0.25, -0.2) is 0 Å². The number of carbonyl (C=O) groups is 3. The van der Waals surface area contributed by atoms with Gasteiger partial charge in [0, 0.05) is 19.3 Å². The fourth-order valence-corrected chi connectivity index (χ4v) is 10.7. The highest BCUT2D eigenvalue weighted by atomic mass is 16.6. The van der Waals surface area contributed by atoms with E-state index in [4.69, 9.17) is 14.2 Å². The molecule has 0 saturated heterocycles. The van der Waals surface area contributed by atoms with Crippen molar-refractivity contribution in [2.24, 2.45) is 0 Å². The van der Waals surface area contributed by atoms with Crippen LogP contribution in [0.15, 0.2) is 24.3 Å². The Bertz CT molecular complexity index is 1240. The van der Waals surface area contributed by atoms with Crippen molar-refractivity contribution < 1.29 is 28.6 Å². The molecule has 0 saturated carbocycles. The van der Waals surface area contributed by atoms with Crippen LogP contribution in [0.2, 0.25) is 0 Å². The summed E-state index contributed by atoms with van der Waals surface area (Å²) in [6.45, 7) is 6.66. The van der Waals surface area contributed by atoms with Crippen LogP contribution in [0.25, 0.3) is 0 Å². The lowest BCUT2D eigenvalue weighted by Crippen LogP contribution is -2.30. The van der Waals surface area contributed by atoms with Gasteiger partial charge in [0.25, 0.3) is 0 Å². The molecule has 0 aliphatic carbocycles. The van der Waals surface area contributed by atoms with Crippen molar-refractivity contribution in [2.75, 3.05) is 13.2 Å². The topological polar surface area (TPSA) is 78.9 Å². The predicted molar refractivity (Wildman–Crippen MR) is 335 cm³/mol. The largest absolute Gasteiger partial charge is 0.462 e. The fraction of sp³-hybridized carbons (Fsp3) is 0.901. The lowest BCUT2D eigenvalue weighted by atomic mass is 10.0. The van der Waals surface area contributed by atoms with E-state index in [0.29, 0.717) is 19.3 Å². The van der Waals surface area contributed by atoms with Crippen molar-refractivity contribution in [1.29, 1.82) is 0 Å². The van der Waals surface area contributed by atoms with Crippen LogP contribution in [-0.4, -0.2) is 37.2 Å². The molecule has 0 bridgehead atoms. The average Bonchev–Trinajstić information content (AvgIpc) is 3.43. The van der Waals surface area contributed by atoms with E-state index in [1.54, 1.807) is 0 Å². The Kier molecular flexibility index (Phi) is 64.6. The van der Waals surface area contributed by atoms with Crippen molar-refractivity contribution in [2.45, 2.75) is 399 Å². The van der Waals surface area contributed by atoms with Crippen LogP contribution in [0, 0.1) is 0 Å². The molecule has 0 aromatic heterocycles. The summed E-state index contributed by atoms with van der Waals surface area (Å²) in [6.07, 6.45) is 81.1. The maximum atomic E-state index is 12.8. The second kappa shape index (κ2) is 66.4. The maximum absolute atomic E-state index is 12.8. The van der Waals surface area contributed by atoms with E-state index in [1.807, 2.05) is 0 Å². The molecular weight excluding hydrogens is 949 g/mol. The van der Waals surface area contributed by atoms with Crippen molar-refractivity contribution >= 4 is 17.9 Å². The lowest BCUT2D eigenvalue weighted by Gasteiger charge is -2.18. The number of hydrogen-bond acceptors (Lipinski definition) is 6. The Morgan fingerprint density at radius 1 is 0.260 bits per heavy atom. The Hall–Kier alpha value is -2.11. The highest BCUT2D eigenvalue weighted by molar-refractivity contribution is 5.71. The fourth-order valence-electron chi connectivity index (χ4n) is 10.7. The number of allylic oxidation sites excluding steroid dienone is 4. The molecule has 0 aromatic rings. The summed E-state index contributed by atoms with van der Waals surface area (Å²) < 4.78 is 16.9. The first-order chi connectivity index (χ1) is 38.0. The van der Waals surface area contributed by atoms with Crippen LogP contribution in [0.4, 0.5) is 0 Å². The summed E-state index contributed by atoms with van der Waals surface area (Å²) >= 11 is 0. The van der Waals surface area contributed by atoms with E-state index < -0.39 is 6.10 Å². The molecule has 454 valence electrons. The van der Waals surface area contributed by atoms with Gasteiger partial charge in [0.15, 0.2) is 6.10 Å². The molecule has 77 heavy (non-hydrogen) atoms. The van der Waals surface area contributed by atoms with Crippen LogP contribution < -0.4 is 0 Å². The molecule has 6 nitrogen and oxygen atoms in total. The monoisotopic (exact) mass is 1080 g/mol. The highest BCUT2D eigenvalue weighted by Crippen LogP contribution is 2.19. The van der Waals surface area contributed by atoms with E-state index in [9.17, 15) is 14.4 Å². The summed E-state index contributed by atoms with van der Waals surface area (Å²) in [7, 11) is 0. The molecule has 1 atom stereocenters. The number of hydrogen-bond donors (Lipinski definition) is 0. The van der Waals surface area contributed by atoms with Gasteiger partial charge in [-0.1, -0.05) is 347 Å². The minimum atomic E-state index is -0.763. The zero-order valence-corrected chi connectivity index (χ0v) is 52.3.